The molecule has 28 heavy (non-hydrogen) atoms. The SMILES string of the molecule is Cc1ccc(C(=O)CCC(=O)NCCNC(=O)CNC(=O)OC(C)(C)C)cc1. The van der Waals surface area contributed by atoms with Crippen molar-refractivity contribution in [2.45, 2.75) is 46.1 Å². The molecule has 0 aromatic heterocycles. The van der Waals surface area contributed by atoms with Crippen molar-refractivity contribution in [3.05, 3.63) is 35.4 Å². The molecule has 0 atom stereocenters. The molecule has 3 amide bonds. The third-order valence-corrected chi connectivity index (χ3v) is 3.51. The lowest BCUT2D eigenvalue weighted by molar-refractivity contribution is -0.122. The Kier molecular flexibility index (Phi) is 9.14. The molecule has 1 aromatic rings. The predicted octanol–water partition coefficient (Wildman–Crippen LogP) is 1.72. The Hall–Kier alpha value is -2.90. The van der Waals surface area contributed by atoms with Crippen LogP contribution in [-0.2, 0) is 14.3 Å². The van der Waals surface area contributed by atoms with Crippen LogP contribution in [0.5, 0.6) is 0 Å². The minimum atomic E-state index is -0.672. The molecule has 0 radical (unpaired) electrons. The third-order valence-electron chi connectivity index (χ3n) is 3.51. The largest absolute Gasteiger partial charge is 0.444 e. The van der Waals surface area contributed by atoms with Gasteiger partial charge in [-0.2, -0.15) is 0 Å². The number of nitrogens with one attached hydrogen (secondary N) is 3. The van der Waals surface area contributed by atoms with Crippen LogP contribution in [0.3, 0.4) is 0 Å². The molecule has 0 aliphatic rings. The van der Waals surface area contributed by atoms with Crippen LogP contribution in [0.4, 0.5) is 4.79 Å². The zero-order valence-corrected chi connectivity index (χ0v) is 16.9. The van der Waals surface area contributed by atoms with Crippen LogP contribution in [0.15, 0.2) is 24.3 Å². The highest BCUT2D eigenvalue weighted by molar-refractivity contribution is 5.97. The van der Waals surface area contributed by atoms with E-state index in [4.69, 9.17) is 4.74 Å². The molecule has 154 valence electrons. The van der Waals surface area contributed by atoms with E-state index >= 15 is 0 Å². The molecule has 0 aliphatic carbocycles. The lowest BCUT2D eigenvalue weighted by Gasteiger charge is -2.19. The number of benzene rings is 1. The van der Waals surface area contributed by atoms with Crippen molar-refractivity contribution in [2.75, 3.05) is 19.6 Å². The van der Waals surface area contributed by atoms with E-state index < -0.39 is 17.6 Å². The van der Waals surface area contributed by atoms with Crippen molar-refractivity contribution in [1.29, 1.82) is 0 Å². The highest BCUT2D eigenvalue weighted by Crippen LogP contribution is 2.07. The van der Waals surface area contributed by atoms with Gasteiger partial charge in [-0.15, -0.1) is 0 Å². The van der Waals surface area contributed by atoms with Crippen molar-refractivity contribution < 1.29 is 23.9 Å². The molecule has 0 saturated carbocycles. The molecule has 0 fully saturated rings. The maximum absolute atomic E-state index is 12.0. The van der Waals surface area contributed by atoms with Crippen molar-refractivity contribution in [3.8, 4) is 0 Å². The first-order valence-corrected chi connectivity index (χ1v) is 9.17. The van der Waals surface area contributed by atoms with E-state index in [-0.39, 0.29) is 44.2 Å². The molecule has 0 unspecified atom stereocenters. The average Bonchev–Trinajstić information content (AvgIpc) is 2.60. The molecule has 3 N–H and O–H groups in total. The molecule has 0 saturated heterocycles. The van der Waals surface area contributed by atoms with Crippen LogP contribution in [0, 0.1) is 6.92 Å². The topological polar surface area (TPSA) is 114 Å². The molecule has 0 aliphatic heterocycles. The van der Waals surface area contributed by atoms with Gasteiger partial charge in [-0.05, 0) is 27.7 Å². The fraction of sp³-hybridized carbons (Fsp3) is 0.500. The number of hydrogen-bond acceptors (Lipinski definition) is 5. The van der Waals surface area contributed by atoms with E-state index in [1.54, 1.807) is 32.9 Å². The number of carbonyl (C=O) groups excluding carboxylic acids is 4. The van der Waals surface area contributed by atoms with Crippen LogP contribution >= 0.6 is 0 Å². The van der Waals surface area contributed by atoms with Crippen molar-refractivity contribution in [2.24, 2.45) is 0 Å². The van der Waals surface area contributed by atoms with Crippen molar-refractivity contribution in [3.63, 3.8) is 0 Å². The van der Waals surface area contributed by atoms with E-state index in [1.165, 1.54) is 0 Å². The summed E-state index contributed by atoms with van der Waals surface area (Å²) in [4.78, 5) is 46.8. The third kappa shape index (κ3) is 10.3. The van der Waals surface area contributed by atoms with Gasteiger partial charge in [0, 0.05) is 31.5 Å². The van der Waals surface area contributed by atoms with E-state index in [2.05, 4.69) is 16.0 Å². The van der Waals surface area contributed by atoms with E-state index in [0.717, 1.165) is 5.56 Å². The second kappa shape index (κ2) is 11.1. The fourth-order valence-electron chi connectivity index (χ4n) is 2.13. The molecule has 8 heteroatoms. The second-order valence-corrected chi connectivity index (χ2v) is 7.34. The predicted molar refractivity (Wildman–Crippen MR) is 105 cm³/mol. The smallest absolute Gasteiger partial charge is 0.408 e. The van der Waals surface area contributed by atoms with Gasteiger partial charge in [0.1, 0.15) is 5.60 Å². The van der Waals surface area contributed by atoms with Crippen LogP contribution in [0.25, 0.3) is 0 Å². The minimum absolute atomic E-state index is 0.0842. The Morgan fingerprint density at radius 1 is 0.857 bits per heavy atom. The van der Waals surface area contributed by atoms with Gasteiger partial charge in [0.2, 0.25) is 11.8 Å². The van der Waals surface area contributed by atoms with Gasteiger partial charge in [0.15, 0.2) is 5.78 Å². The highest BCUT2D eigenvalue weighted by atomic mass is 16.6. The van der Waals surface area contributed by atoms with Gasteiger partial charge in [-0.1, -0.05) is 29.8 Å². The van der Waals surface area contributed by atoms with E-state index in [0.29, 0.717) is 5.56 Å². The fourth-order valence-corrected chi connectivity index (χ4v) is 2.13. The second-order valence-electron chi connectivity index (χ2n) is 7.34. The molecule has 8 nitrogen and oxygen atoms in total. The Bertz CT molecular complexity index is 693. The molecule has 0 spiro atoms. The molecule has 1 aromatic carbocycles. The number of aryl methyl sites for hydroxylation is 1. The quantitative estimate of drug-likeness (QED) is 0.438. The number of ketones is 1. The van der Waals surface area contributed by atoms with Crippen molar-refractivity contribution >= 4 is 23.7 Å². The molecular formula is C20H29N3O5. The van der Waals surface area contributed by atoms with Gasteiger partial charge in [-0.3, -0.25) is 14.4 Å². The summed E-state index contributed by atoms with van der Waals surface area (Å²) in [6.07, 6.45) is -0.462. The zero-order chi connectivity index (χ0) is 21.2. The highest BCUT2D eigenvalue weighted by Gasteiger charge is 2.16. The summed E-state index contributed by atoms with van der Waals surface area (Å²) >= 11 is 0. The lowest BCUT2D eigenvalue weighted by atomic mass is 10.1. The Labute approximate surface area is 165 Å². The van der Waals surface area contributed by atoms with Crippen LogP contribution in [0.1, 0.15) is 49.5 Å². The van der Waals surface area contributed by atoms with Gasteiger partial charge in [-0.25, -0.2) is 4.79 Å². The summed E-state index contributed by atoms with van der Waals surface area (Å²) in [5, 5.41) is 7.54. The van der Waals surface area contributed by atoms with Gasteiger partial charge in [0.05, 0.1) is 6.54 Å². The Morgan fingerprint density at radius 3 is 2.00 bits per heavy atom. The van der Waals surface area contributed by atoms with Crippen LogP contribution < -0.4 is 16.0 Å². The first-order valence-electron chi connectivity index (χ1n) is 9.17. The van der Waals surface area contributed by atoms with Crippen LogP contribution in [-0.4, -0.2) is 48.9 Å². The number of amides is 3. The summed E-state index contributed by atoms with van der Waals surface area (Å²) < 4.78 is 5.01. The maximum Gasteiger partial charge on any atom is 0.408 e. The standard InChI is InChI=1S/C20H29N3O5/c1-14-5-7-15(8-6-14)16(24)9-10-17(25)21-11-12-22-18(26)13-23-19(27)28-20(2,3)4/h5-8H,9-13H2,1-4H3,(H,21,25)(H,22,26)(H,23,27). The van der Waals surface area contributed by atoms with E-state index in [9.17, 15) is 19.2 Å². The summed E-state index contributed by atoms with van der Waals surface area (Å²) in [5.41, 5.74) is 1.02. The summed E-state index contributed by atoms with van der Waals surface area (Å²) in [6, 6.07) is 7.20. The Morgan fingerprint density at radius 2 is 1.43 bits per heavy atom. The van der Waals surface area contributed by atoms with Gasteiger partial charge >= 0.3 is 6.09 Å². The van der Waals surface area contributed by atoms with Crippen LogP contribution in [0.2, 0.25) is 0 Å². The average molecular weight is 391 g/mol. The first kappa shape index (κ1) is 23.1. The number of hydrogen-bond donors (Lipinski definition) is 3. The molecule has 1 rings (SSSR count). The van der Waals surface area contributed by atoms with E-state index in [1.807, 2.05) is 19.1 Å². The molecular weight excluding hydrogens is 362 g/mol. The number of alkyl carbamates (subject to hydrolysis) is 1. The lowest BCUT2D eigenvalue weighted by Crippen LogP contribution is -2.42. The number of rotatable bonds is 9. The number of Topliss-reactive ketones (excluding diaryl/α,β-unsaturated/α-hetero) is 1. The summed E-state index contributed by atoms with van der Waals surface area (Å²) in [5.74, 6) is -0.743. The van der Waals surface area contributed by atoms with Crippen molar-refractivity contribution in [1.82, 2.24) is 16.0 Å². The normalized spacial score (nSPS) is 10.7. The number of ether oxygens (including phenoxy) is 1. The minimum Gasteiger partial charge on any atom is -0.444 e. The zero-order valence-electron chi connectivity index (χ0n) is 16.9. The maximum atomic E-state index is 12.0. The van der Waals surface area contributed by atoms with Gasteiger partial charge < -0.3 is 20.7 Å². The first-order chi connectivity index (χ1) is 13.1. The summed E-state index contributed by atoms with van der Waals surface area (Å²) in [7, 11) is 0. The molecule has 0 heterocycles. The van der Waals surface area contributed by atoms with Gasteiger partial charge in [0.25, 0.3) is 0 Å². The monoisotopic (exact) mass is 391 g/mol. The Balaban J connectivity index is 2.14. The molecule has 0 bridgehead atoms. The summed E-state index contributed by atoms with van der Waals surface area (Å²) in [6.45, 7) is 7.35. The number of carbonyl (C=O) groups is 4.